The van der Waals surface area contributed by atoms with Crippen LogP contribution in [-0.4, -0.2) is 33.2 Å². The van der Waals surface area contributed by atoms with Gasteiger partial charge in [-0.2, -0.15) is 18.3 Å². The molecule has 3 aliphatic rings. The van der Waals surface area contributed by atoms with Crippen molar-refractivity contribution in [3.63, 3.8) is 0 Å². The summed E-state index contributed by atoms with van der Waals surface area (Å²) in [5, 5.41) is 6.87. The number of nitrogens with zero attached hydrogens (tertiary/aromatic N) is 3. The topological polar surface area (TPSA) is 85.3 Å². The molecular formula is C21H26F3N5O. The van der Waals surface area contributed by atoms with Crippen molar-refractivity contribution in [2.24, 2.45) is 28.9 Å². The lowest BCUT2D eigenvalue weighted by atomic mass is 9.50. The summed E-state index contributed by atoms with van der Waals surface area (Å²) in [4.78, 5) is 16.7. The van der Waals surface area contributed by atoms with Crippen molar-refractivity contribution in [3.05, 3.63) is 29.7 Å². The number of hydrogen-bond acceptors (Lipinski definition) is 4. The van der Waals surface area contributed by atoms with Gasteiger partial charge in [-0.05, 0) is 55.6 Å². The van der Waals surface area contributed by atoms with E-state index in [1.54, 1.807) is 16.6 Å². The lowest BCUT2D eigenvalue weighted by molar-refractivity contribution is -0.183. The molecule has 6 nitrogen and oxygen atoms in total. The van der Waals surface area contributed by atoms with E-state index in [2.05, 4.69) is 15.4 Å². The van der Waals surface area contributed by atoms with Crippen LogP contribution in [0.4, 0.5) is 13.2 Å². The molecule has 1 aliphatic heterocycles. The molecule has 30 heavy (non-hydrogen) atoms. The monoisotopic (exact) mass is 421 g/mol. The van der Waals surface area contributed by atoms with Gasteiger partial charge in [-0.15, -0.1) is 0 Å². The number of nitrogens with one attached hydrogen (secondary N) is 1. The number of piperidine rings is 1. The largest absolute Gasteiger partial charge is 0.393 e. The van der Waals surface area contributed by atoms with Crippen LogP contribution in [-0.2, 0) is 11.2 Å². The van der Waals surface area contributed by atoms with Gasteiger partial charge in [-0.25, -0.2) is 9.50 Å². The van der Waals surface area contributed by atoms with Crippen LogP contribution in [0.1, 0.15) is 56.0 Å². The zero-order valence-electron chi connectivity index (χ0n) is 16.7. The average molecular weight is 421 g/mol. The summed E-state index contributed by atoms with van der Waals surface area (Å²) in [6.07, 6.45) is 3.75. The molecule has 1 saturated heterocycles. The molecule has 1 spiro atoms. The number of aromatic nitrogens is 3. The Labute approximate surface area is 172 Å². The third-order valence-electron chi connectivity index (χ3n) is 7.43. The second-order valence-corrected chi connectivity index (χ2v) is 9.46. The highest BCUT2D eigenvalue weighted by molar-refractivity contribution is 5.79. The number of carbonyl (C=O) groups excluding carboxylic acids is 1. The fourth-order valence-corrected chi connectivity index (χ4v) is 5.42. The molecule has 2 aromatic heterocycles. The lowest BCUT2D eigenvalue weighted by Crippen LogP contribution is -2.47. The normalized spacial score (nSPS) is 27.5. The first-order chi connectivity index (χ1) is 14.2. The van der Waals surface area contributed by atoms with Gasteiger partial charge in [0.1, 0.15) is 0 Å². The molecule has 3 atom stereocenters. The van der Waals surface area contributed by atoms with E-state index in [4.69, 9.17) is 5.73 Å². The molecule has 0 bridgehead atoms. The second-order valence-electron chi connectivity index (χ2n) is 9.46. The zero-order chi connectivity index (χ0) is 21.1. The Bertz CT molecular complexity index is 959. The molecule has 3 heterocycles. The van der Waals surface area contributed by atoms with Crippen molar-refractivity contribution in [2.75, 3.05) is 6.54 Å². The van der Waals surface area contributed by atoms with Crippen molar-refractivity contribution >= 4 is 11.6 Å². The molecule has 2 aliphatic carbocycles. The van der Waals surface area contributed by atoms with Crippen LogP contribution in [0.15, 0.2) is 18.3 Å². The Morgan fingerprint density at radius 2 is 2.07 bits per heavy atom. The fraction of sp³-hybridized carbons (Fsp3) is 0.667. The molecule has 162 valence electrons. The molecule has 3 N–H and O–H groups in total. The summed E-state index contributed by atoms with van der Waals surface area (Å²) in [7, 11) is 0. The van der Waals surface area contributed by atoms with E-state index in [0.29, 0.717) is 22.7 Å². The minimum atomic E-state index is -4.31. The van der Waals surface area contributed by atoms with Gasteiger partial charge in [0.05, 0.1) is 29.5 Å². The first-order valence-corrected chi connectivity index (χ1v) is 10.7. The van der Waals surface area contributed by atoms with E-state index in [1.165, 1.54) is 19.3 Å². The summed E-state index contributed by atoms with van der Waals surface area (Å²) in [6.45, 7) is -0.351. The number of alkyl halides is 3. The van der Waals surface area contributed by atoms with E-state index in [9.17, 15) is 18.0 Å². The zero-order valence-corrected chi connectivity index (χ0v) is 16.7. The van der Waals surface area contributed by atoms with E-state index in [-0.39, 0.29) is 31.3 Å². The summed E-state index contributed by atoms with van der Waals surface area (Å²) in [5.41, 5.74) is 9.03. The average Bonchev–Trinajstić information content (AvgIpc) is 3.03. The van der Waals surface area contributed by atoms with E-state index >= 15 is 0 Å². The van der Waals surface area contributed by atoms with Gasteiger partial charge in [0.15, 0.2) is 5.65 Å². The molecule has 2 aromatic rings. The summed E-state index contributed by atoms with van der Waals surface area (Å²) in [5.74, 6) is -2.15. The van der Waals surface area contributed by atoms with Gasteiger partial charge in [0, 0.05) is 18.9 Å². The van der Waals surface area contributed by atoms with Crippen molar-refractivity contribution < 1.29 is 18.0 Å². The number of amides is 1. The molecule has 5 rings (SSSR count). The Morgan fingerprint density at radius 1 is 1.30 bits per heavy atom. The van der Waals surface area contributed by atoms with Gasteiger partial charge < -0.3 is 11.1 Å². The number of imidazole rings is 1. The molecule has 1 amide bonds. The maximum absolute atomic E-state index is 13.0. The van der Waals surface area contributed by atoms with Crippen LogP contribution in [0.25, 0.3) is 5.65 Å². The predicted octanol–water partition coefficient (Wildman–Crippen LogP) is 3.17. The third kappa shape index (κ3) is 3.46. The molecular weight excluding hydrogens is 395 g/mol. The van der Waals surface area contributed by atoms with Gasteiger partial charge >= 0.3 is 6.18 Å². The van der Waals surface area contributed by atoms with Crippen LogP contribution in [0.3, 0.4) is 0 Å². The Morgan fingerprint density at radius 3 is 2.73 bits per heavy atom. The maximum Gasteiger partial charge on any atom is 0.393 e. The summed E-state index contributed by atoms with van der Waals surface area (Å²) in [6, 6.07) is 3.39. The minimum absolute atomic E-state index is 0.127. The Balaban J connectivity index is 1.28. The molecule has 0 aromatic carbocycles. The standard InChI is InChI=1S/C21H26F3N5O/c22-21(23,24)14-6-12(19(30)26-10-14)7-15-2-3-17-27-16(11-29(17)28-15)18(25)13-8-20(9-13)4-1-5-20/h2-3,11-14,18H,1,4-10,25H2,(H,26,30)/t12?,14-,18?/m1/s1. The van der Waals surface area contributed by atoms with E-state index < -0.39 is 18.0 Å². The number of rotatable bonds is 4. The highest BCUT2D eigenvalue weighted by atomic mass is 19.4. The van der Waals surface area contributed by atoms with E-state index in [1.807, 2.05) is 6.20 Å². The van der Waals surface area contributed by atoms with Crippen molar-refractivity contribution in [1.29, 1.82) is 0 Å². The highest BCUT2D eigenvalue weighted by Gasteiger charge is 2.50. The minimum Gasteiger partial charge on any atom is -0.355 e. The van der Waals surface area contributed by atoms with Crippen molar-refractivity contribution in [2.45, 2.75) is 57.2 Å². The third-order valence-corrected chi connectivity index (χ3v) is 7.43. The lowest BCUT2D eigenvalue weighted by Gasteiger charge is -2.55. The number of nitrogens with two attached hydrogens (primary N) is 1. The summed E-state index contributed by atoms with van der Waals surface area (Å²) >= 11 is 0. The van der Waals surface area contributed by atoms with Crippen molar-refractivity contribution in [1.82, 2.24) is 19.9 Å². The number of hydrogen-bond donors (Lipinski definition) is 2. The van der Waals surface area contributed by atoms with Gasteiger partial charge in [0.2, 0.25) is 5.91 Å². The van der Waals surface area contributed by atoms with Crippen LogP contribution < -0.4 is 11.1 Å². The smallest absolute Gasteiger partial charge is 0.355 e. The van der Waals surface area contributed by atoms with E-state index in [0.717, 1.165) is 18.5 Å². The maximum atomic E-state index is 13.0. The van der Waals surface area contributed by atoms with Crippen LogP contribution in [0.5, 0.6) is 0 Å². The van der Waals surface area contributed by atoms with Crippen LogP contribution in [0, 0.1) is 23.2 Å². The van der Waals surface area contributed by atoms with Crippen LogP contribution >= 0.6 is 0 Å². The first-order valence-electron chi connectivity index (χ1n) is 10.7. The molecule has 2 saturated carbocycles. The fourth-order valence-electron chi connectivity index (χ4n) is 5.42. The Hall–Kier alpha value is -2.16. The molecule has 3 fully saturated rings. The first kappa shape index (κ1) is 19.8. The number of halogens is 3. The molecule has 0 radical (unpaired) electrons. The molecule has 9 heteroatoms. The SMILES string of the molecule is NC(c1cn2nc(CC3C[C@@H](C(F)(F)F)CNC3=O)ccc2n1)C1CC2(CCC2)C1. The number of fused-ring (bicyclic) bond motifs is 1. The summed E-state index contributed by atoms with van der Waals surface area (Å²) < 4.78 is 40.8. The van der Waals surface area contributed by atoms with Gasteiger partial charge in [-0.1, -0.05) is 6.42 Å². The predicted molar refractivity (Wildman–Crippen MR) is 103 cm³/mol. The quantitative estimate of drug-likeness (QED) is 0.794. The highest BCUT2D eigenvalue weighted by Crippen LogP contribution is 2.60. The van der Waals surface area contributed by atoms with Gasteiger partial charge in [-0.3, -0.25) is 4.79 Å². The van der Waals surface area contributed by atoms with Crippen LogP contribution in [0.2, 0.25) is 0 Å². The van der Waals surface area contributed by atoms with Gasteiger partial charge in [0.25, 0.3) is 0 Å². The number of carbonyl (C=O) groups is 1. The van der Waals surface area contributed by atoms with Crippen molar-refractivity contribution in [3.8, 4) is 0 Å². The molecule has 2 unspecified atom stereocenters. The second kappa shape index (κ2) is 6.93. The Kier molecular flexibility index (Phi) is 4.57.